The highest BCUT2D eigenvalue weighted by Crippen LogP contribution is 2.27. The van der Waals surface area contributed by atoms with E-state index in [9.17, 15) is 13.2 Å². The van der Waals surface area contributed by atoms with Crippen molar-refractivity contribution >= 4 is 11.3 Å². The number of aryl methyl sites for hydroxylation is 1. The summed E-state index contributed by atoms with van der Waals surface area (Å²) in [7, 11) is 0. The second-order valence-electron chi connectivity index (χ2n) is 4.80. The molecule has 1 heterocycles. The van der Waals surface area contributed by atoms with Gasteiger partial charge in [-0.25, -0.2) is 13.2 Å². The molecule has 1 unspecified atom stereocenters. The lowest BCUT2D eigenvalue weighted by Crippen LogP contribution is -2.24. The number of hydrogen-bond donors (Lipinski definition) is 1. The predicted octanol–water partition coefficient (Wildman–Crippen LogP) is 4.62. The summed E-state index contributed by atoms with van der Waals surface area (Å²) < 4.78 is 40.4. The van der Waals surface area contributed by atoms with Gasteiger partial charge in [0.25, 0.3) is 0 Å². The van der Waals surface area contributed by atoms with Crippen LogP contribution in [-0.2, 0) is 12.8 Å². The lowest BCUT2D eigenvalue weighted by molar-refractivity contribution is 0.425. The molecule has 114 valence electrons. The Hall–Kier alpha value is -1.33. The molecular formula is C16H18F3NS. The zero-order chi connectivity index (χ0) is 15.4. The molecule has 0 aliphatic heterocycles. The summed E-state index contributed by atoms with van der Waals surface area (Å²) in [5.74, 6) is -3.67. The lowest BCUT2D eigenvalue weighted by Gasteiger charge is -2.18. The number of thiophene rings is 1. The number of rotatable bonds is 6. The van der Waals surface area contributed by atoms with E-state index in [0.717, 1.165) is 17.4 Å². The molecule has 0 saturated heterocycles. The molecule has 1 aromatic carbocycles. The predicted molar refractivity (Wildman–Crippen MR) is 80.1 cm³/mol. The average molecular weight is 313 g/mol. The fourth-order valence-electron chi connectivity index (χ4n) is 2.27. The fourth-order valence-corrected chi connectivity index (χ4v) is 3.27. The van der Waals surface area contributed by atoms with E-state index in [0.29, 0.717) is 13.0 Å². The van der Waals surface area contributed by atoms with Crippen LogP contribution in [0, 0.1) is 17.5 Å². The molecule has 1 N–H and O–H groups in total. The molecule has 0 aliphatic carbocycles. The van der Waals surface area contributed by atoms with Crippen molar-refractivity contribution in [3.05, 3.63) is 57.0 Å². The van der Waals surface area contributed by atoms with Gasteiger partial charge >= 0.3 is 0 Å². The summed E-state index contributed by atoms with van der Waals surface area (Å²) >= 11 is 1.66. The van der Waals surface area contributed by atoms with Gasteiger partial charge in [0.2, 0.25) is 0 Å². The lowest BCUT2D eigenvalue weighted by atomic mass is 10.0. The van der Waals surface area contributed by atoms with Crippen LogP contribution < -0.4 is 5.32 Å². The number of likely N-dealkylation sites (N-methyl/N-ethyl adjacent to an activating group) is 1. The smallest absolute Gasteiger partial charge is 0.194 e. The van der Waals surface area contributed by atoms with E-state index in [1.807, 2.05) is 19.1 Å². The van der Waals surface area contributed by atoms with E-state index in [2.05, 4.69) is 12.2 Å². The van der Waals surface area contributed by atoms with E-state index < -0.39 is 17.5 Å². The van der Waals surface area contributed by atoms with E-state index >= 15 is 0 Å². The second-order valence-corrected chi connectivity index (χ2v) is 6.05. The van der Waals surface area contributed by atoms with Crippen molar-refractivity contribution < 1.29 is 13.2 Å². The molecule has 2 rings (SSSR count). The Morgan fingerprint density at radius 1 is 1.00 bits per heavy atom. The summed E-state index contributed by atoms with van der Waals surface area (Å²) in [6.07, 6.45) is 1.51. The van der Waals surface area contributed by atoms with E-state index in [4.69, 9.17) is 0 Å². The van der Waals surface area contributed by atoms with Gasteiger partial charge in [-0.05, 0) is 31.2 Å². The molecule has 1 atom stereocenters. The van der Waals surface area contributed by atoms with Crippen molar-refractivity contribution in [3.63, 3.8) is 0 Å². The number of hydrogen-bond acceptors (Lipinski definition) is 2. The maximum atomic E-state index is 14.0. The maximum Gasteiger partial charge on any atom is 0.194 e. The topological polar surface area (TPSA) is 12.0 Å². The zero-order valence-corrected chi connectivity index (χ0v) is 12.9. The molecule has 1 aromatic heterocycles. The summed E-state index contributed by atoms with van der Waals surface area (Å²) in [6.45, 7) is 4.60. The summed E-state index contributed by atoms with van der Waals surface area (Å²) in [6, 6.07) is 5.98. The fraction of sp³-hybridized carbons (Fsp3) is 0.375. The molecule has 5 heteroatoms. The van der Waals surface area contributed by atoms with Crippen molar-refractivity contribution in [3.8, 4) is 0 Å². The molecule has 0 fully saturated rings. The SMILES string of the molecule is CCNC(Cc1ccc(CC)s1)c1ccc(F)c(F)c1F. The Kier molecular flexibility index (Phi) is 5.42. The molecule has 0 amide bonds. The van der Waals surface area contributed by atoms with Crippen molar-refractivity contribution in [2.75, 3.05) is 6.54 Å². The quantitative estimate of drug-likeness (QED) is 0.767. The van der Waals surface area contributed by atoms with Gasteiger partial charge in [0.15, 0.2) is 17.5 Å². The van der Waals surface area contributed by atoms with Crippen LogP contribution in [0.15, 0.2) is 24.3 Å². The molecule has 1 nitrogen and oxygen atoms in total. The molecule has 0 saturated carbocycles. The van der Waals surface area contributed by atoms with E-state index in [-0.39, 0.29) is 11.6 Å². The molecule has 0 radical (unpaired) electrons. The van der Waals surface area contributed by atoms with Crippen LogP contribution in [0.5, 0.6) is 0 Å². The minimum atomic E-state index is -1.41. The van der Waals surface area contributed by atoms with Crippen molar-refractivity contribution in [1.82, 2.24) is 5.32 Å². The largest absolute Gasteiger partial charge is 0.310 e. The van der Waals surface area contributed by atoms with Crippen molar-refractivity contribution in [2.24, 2.45) is 0 Å². The Balaban J connectivity index is 2.28. The minimum absolute atomic E-state index is 0.169. The highest BCUT2D eigenvalue weighted by atomic mass is 32.1. The normalized spacial score (nSPS) is 12.6. The van der Waals surface area contributed by atoms with Gasteiger partial charge in [0.05, 0.1) is 0 Å². The monoisotopic (exact) mass is 313 g/mol. The van der Waals surface area contributed by atoms with Crippen LogP contribution in [0.2, 0.25) is 0 Å². The molecular weight excluding hydrogens is 295 g/mol. The van der Waals surface area contributed by atoms with Crippen molar-refractivity contribution in [1.29, 1.82) is 0 Å². The van der Waals surface area contributed by atoms with Crippen LogP contribution in [0.25, 0.3) is 0 Å². The third kappa shape index (κ3) is 3.66. The molecule has 0 spiro atoms. The molecule has 0 aliphatic rings. The third-order valence-corrected chi connectivity index (χ3v) is 4.61. The third-order valence-electron chi connectivity index (χ3n) is 3.36. The van der Waals surface area contributed by atoms with Crippen LogP contribution in [-0.4, -0.2) is 6.54 Å². The summed E-state index contributed by atoms with van der Waals surface area (Å²) in [5, 5.41) is 3.14. The number of benzene rings is 1. The van der Waals surface area contributed by atoms with E-state index in [1.165, 1.54) is 10.9 Å². The highest BCUT2D eigenvalue weighted by Gasteiger charge is 2.21. The van der Waals surface area contributed by atoms with Gasteiger partial charge in [-0.1, -0.05) is 19.9 Å². The first-order valence-corrected chi connectivity index (χ1v) is 7.82. The van der Waals surface area contributed by atoms with Crippen LogP contribution in [0.3, 0.4) is 0 Å². The van der Waals surface area contributed by atoms with Gasteiger partial charge in [0, 0.05) is 27.8 Å². The number of halogens is 3. The van der Waals surface area contributed by atoms with Gasteiger partial charge in [-0.2, -0.15) is 0 Å². The van der Waals surface area contributed by atoms with Crippen LogP contribution >= 0.6 is 11.3 Å². The van der Waals surface area contributed by atoms with Gasteiger partial charge < -0.3 is 5.32 Å². The first-order chi connectivity index (χ1) is 10.1. The van der Waals surface area contributed by atoms with E-state index in [1.54, 1.807) is 11.3 Å². The van der Waals surface area contributed by atoms with Crippen LogP contribution in [0.1, 0.15) is 35.2 Å². The molecule has 21 heavy (non-hydrogen) atoms. The Morgan fingerprint density at radius 2 is 1.71 bits per heavy atom. The first-order valence-electron chi connectivity index (χ1n) is 7.01. The standard InChI is InChI=1S/C16H18F3NS/c1-3-10-5-6-11(21-10)9-14(20-4-2)12-7-8-13(17)16(19)15(12)18/h5-8,14,20H,3-4,9H2,1-2H3. The summed E-state index contributed by atoms with van der Waals surface area (Å²) in [5.41, 5.74) is 0.169. The van der Waals surface area contributed by atoms with Gasteiger partial charge in [-0.15, -0.1) is 11.3 Å². The highest BCUT2D eigenvalue weighted by molar-refractivity contribution is 7.11. The molecule has 0 bridgehead atoms. The zero-order valence-electron chi connectivity index (χ0n) is 12.1. The Morgan fingerprint density at radius 3 is 2.33 bits per heavy atom. The first kappa shape index (κ1) is 16.0. The molecule has 2 aromatic rings. The summed E-state index contributed by atoms with van der Waals surface area (Å²) in [4.78, 5) is 2.35. The Bertz CT molecular complexity index is 610. The van der Waals surface area contributed by atoms with Gasteiger partial charge in [0.1, 0.15) is 0 Å². The Labute approximate surface area is 126 Å². The van der Waals surface area contributed by atoms with Crippen LogP contribution in [0.4, 0.5) is 13.2 Å². The van der Waals surface area contributed by atoms with Gasteiger partial charge in [-0.3, -0.25) is 0 Å². The van der Waals surface area contributed by atoms with Crippen molar-refractivity contribution in [2.45, 2.75) is 32.7 Å². The second kappa shape index (κ2) is 7.09. The number of nitrogens with one attached hydrogen (secondary N) is 1. The maximum absolute atomic E-state index is 14.0. The average Bonchev–Trinajstić information content (AvgIpc) is 2.92. The minimum Gasteiger partial charge on any atom is -0.310 e.